The second-order valence-electron chi connectivity index (χ2n) is 5.68. The zero-order chi connectivity index (χ0) is 13.7. The topological polar surface area (TPSA) is 32.3 Å². The van der Waals surface area contributed by atoms with Gasteiger partial charge in [0, 0.05) is 18.2 Å². The van der Waals surface area contributed by atoms with E-state index in [1.807, 2.05) is 26.0 Å². The SMILES string of the molecule is CC(C)C(=O)Nc1cccc(CN2CCCCC2)c1. The van der Waals surface area contributed by atoms with Crippen LogP contribution in [-0.4, -0.2) is 23.9 Å². The molecular weight excluding hydrogens is 236 g/mol. The number of piperidine rings is 1. The summed E-state index contributed by atoms with van der Waals surface area (Å²) in [6, 6.07) is 8.21. The number of likely N-dealkylation sites (tertiary alicyclic amines) is 1. The maximum Gasteiger partial charge on any atom is 0.226 e. The Kier molecular flexibility index (Phi) is 4.97. The summed E-state index contributed by atoms with van der Waals surface area (Å²) < 4.78 is 0. The summed E-state index contributed by atoms with van der Waals surface area (Å²) in [5.74, 6) is 0.0980. The number of carbonyl (C=O) groups is 1. The van der Waals surface area contributed by atoms with E-state index in [1.54, 1.807) is 0 Å². The molecule has 3 nitrogen and oxygen atoms in total. The van der Waals surface area contributed by atoms with E-state index in [4.69, 9.17) is 0 Å². The minimum atomic E-state index is 0.0192. The van der Waals surface area contributed by atoms with Crippen LogP contribution in [0.2, 0.25) is 0 Å². The summed E-state index contributed by atoms with van der Waals surface area (Å²) in [5, 5.41) is 2.96. The zero-order valence-electron chi connectivity index (χ0n) is 12.0. The van der Waals surface area contributed by atoms with E-state index in [0.29, 0.717) is 0 Å². The van der Waals surface area contributed by atoms with Crippen LogP contribution >= 0.6 is 0 Å². The van der Waals surface area contributed by atoms with Gasteiger partial charge >= 0.3 is 0 Å². The van der Waals surface area contributed by atoms with Crippen molar-refractivity contribution in [2.75, 3.05) is 18.4 Å². The van der Waals surface area contributed by atoms with E-state index in [9.17, 15) is 4.79 Å². The molecule has 1 fully saturated rings. The van der Waals surface area contributed by atoms with Gasteiger partial charge in [-0.15, -0.1) is 0 Å². The minimum absolute atomic E-state index is 0.0192. The van der Waals surface area contributed by atoms with Gasteiger partial charge < -0.3 is 5.32 Å². The highest BCUT2D eigenvalue weighted by atomic mass is 16.1. The monoisotopic (exact) mass is 260 g/mol. The zero-order valence-corrected chi connectivity index (χ0v) is 12.0. The molecule has 3 heteroatoms. The van der Waals surface area contributed by atoms with Crippen molar-refractivity contribution in [3.05, 3.63) is 29.8 Å². The molecule has 0 spiro atoms. The van der Waals surface area contributed by atoms with Crippen LogP contribution in [0.4, 0.5) is 5.69 Å². The lowest BCUT2D eigenvalue weighted by atomic mass is 10.1. The van der Waals surface area contributed by atoms with Crippen LogP contribution in [0.3, 0.4) is 0 Å². The lowest BCUT2D eigenvalue weighted by molar-refractivity contribution is -0.118. The maximum atomic E-state index is 11.7. The van der Waals surface area contributed by atoms with Gasteiger partial charge in [-0.3, -0.25) is 9.69 Å². The van der Waals surface area contributed by atoms with Gasteiger partial charge in [0.2, 0.25) is 5.91 Å². The van der Waals surface area contributed by atoms with E-state index in [2.05, 4.69) is 22.3 Å². The Hall–Kier alpha value is -1.35. The van der Waals surface area contributed by atoms with Gasteiger partial charge in [-0.25, -0.2) is 0 Å². The van der Waals surface area contributed by atoms with Gasteiger partial charge in [-0.2, -0.15) is 0 Å². The molecule has 1 aromatic carbocycles. The first-order chi connectivity index (χ1) is 9.15. The molecule has 1 N–H and O–H groups in total. The van der Waals surface area contributed by atoms with Crippen LogP contribution in [0.5, 0.6) is 0 Å². The second kappa shape index (κ2) is 6.71. The molecule has 0 bridgehead atoms. The number of amides is 1. The molecule has 1 heterocycles. The molecule has 0 saturated carbocycles. The van der Waals surface area contributed by atoms with Crippen molar-refractivity contribution in [3.8, 4) is 0 Å². The highest BCUT2D eigenvalue weighted by Crippen LogP contribution is 2.16. The molecule has 19 heavy (non-hydrogen) atoms. The maximum absolute atomic E-state index is 11.7. The highest BCUT2D eigenvalue weighted by molar-refractivity contribution is 5.92. The van der Waals surface area contributed by atoms with Crippen LogP contribution in [0.1, 0.15) is 38.7 Å². The van der Waals surface area contributed by atoms with E-state index in [0.717, 1.165) is 12.2 Å². The van der Waals surface area contributed by atoms with Gasteiger partial charge in [0.25, 0.3) is 0 Å². The first-order valence-electron chi connectivity index (χ1n) is 7.27. The average molecular weight is 260 g/mol. The predicted molar refractivity (Wildman–Crippen MR) is 79.0 cm³/mol. The van der Waals surface area contributed by atoms with Crippen molar-refractivity contribution >= 4 is 11.6 Å². The lowest BCUT2D eigenvalue weighted by Gasteiger charge is -2.26. The standard InChI is InChI=1S/C16H24N2O/c1-13(2)16(19)17-15-8-6-7-14(11-15)12-18-9-4-3-5-10-18/h6-8,11,13H,3-5,9-10,12H2,1-2H3,(H,17,19). The molecular formula is C16H24N2O. The summed E-state index contributed by atoms with van der Waals surface area (Å²) in [4.78, 5) is 14.2. The predicted octanol–water partition coefficient (Wildman–Crippen LogP) is 3.27. The Morgan fingerprint density at radius 1 is 1.26 bits per heavy atom. The molecule has 0 atom stereocenters. The second-order valence-corrected chi connectivity index (χ2v) is 5.68. The third kappa shape index (κ3) is 4.35. The normalized spacial score (nSPS) is 16.6. The van der Waals surface area contributed by atoms with Crippen molar-refractivity contribution in [3.63, 3.8) is 0 Å². The molecule has 0 aliphatic carbocycles. The summed E-state index contributed by atoms with van der Waals surface area (Å²) in [7, 11) is 0. The number of benzene rings is 1. The van der Waals surface area contributed by atoms with Gasteiger partial charge in [0.1, 0.15) is 0 Å². The van der Waals surface area contributed by atoms with Crippen molar-refractivity contribution in [2.45, 2.75) is 39.7 Å². The summed E-state index contributed by atoms with van der Waals surface area (Å²) in [6.45, 7) is 7.20. The number of nitrogens with zero attached hydrogens (tertiary/aromatic N) is 1. The smallest absolute Gasteiger partial charge is 0.226 e. The number of hydrogen-bond acceptors (Lipinski definition) is 2. The van der Waals surface area contributed by atoms with E-state index in [-0.39, 0.29) is 11.8 Å². The molecule has 1 amide bonds. The lowest BCUT2D eigenvalue weighted by Crippen LogP contribution is -2.29. The number of anilines is 1. The minimum Gasteiger partial charge on any atom is -0.326 e. The van der Waals surface area contributed by atoms with Crippen LogP contribution in [0, 0.1) is 5.92 Å². The highest BCUT2D eigenvalue weighted by Gasteiger charge is 2.11. The molecule has 104 valence electrons. The summed E-state index contributed by atoms with van der Waals surface area (Å²) in [6.07, 6.45) is 3.98. The molecule has 1 aromatic rings. The third-order valence-corrected chi connectivity index (χ3v) is 3.57. The van der Waals surface area contributed by atoms with Crippen molar-refractivity contribution < 1.29 is 4.79 Å². The van der Waals surface area contributed by atoms with Gasteiger partial charge in [0.05, 0.1) is 0 Å². The van der Waals surface area contributed by atoms with Crippen LogP contribution < -0.4 is 5.32 Å². The Balaban J connectivity index is 1.96. The first-order valence-corrected chi connectivity index (χ1v) is 7.27. The summed E-state index contributed by atoms with van der Waals surface area (Å²) >= 11 is 0. The number of hydrogen-bond donors (Lipinski definition) is 1. The van der Waals surface area contributed by atoms with Crippen molar-refractivity contribution in [1.29, 1.82) is 0 Å². The molecule has 0 radical (unpaired) electrons. The van der Waals surface area contributed by atoms with E-state index < -0.39 is 0 Å². The summed E-state index contributed by atoms with van der Waals surface area (Å²) in [5.41, 5.74) is 2.19. The van der Waals surface area contributed by atoms with Gasteiger partial charge in [-0.05, 0) is 43.6 Å². The molecule has 1 aliphatic rings. The molecule has 2 rings (SSSR count). The molecule has 1 saturated heterocycles. The van der Waals surface area contributed by atoms with Gasteiger partial charge in [0.15, 0.2) is 0 Å². The molecule has 0 aromatic heterocycles. The Bertz CT molecular complexity index is 423. The third-order valence-electron chi connectivity index (χ3n) is 3.57. The van der Waals surface area contributed by atoms with Crippen LogP contribution in [-0.2, 0) is 11.3 Å². The largest absolute Gasteiger partial charge is 0.326 e. The fourth-order valence-electron chi connectivity index (χ4n) is 2.41. The van der Waals surface area contributed by atoms with Gasteiger partial charge in [-0.1, -0.05) is 32.4 Å². The van der Waals surface area contributed by atoms with Crippen LogP contribution in [0.25, 0.3) is 0 Å². The number of nitrogens with one attached hydrogen (secondary N) is 1. The van der Waals surface area contributed by atoms with E-state index in [1.165, 1.54) is 37.9 Å². The average Bonchev–Trinajstić information content (AvgIpc) is 2.40. The van der Waals surface area contributed by atoms with Crippen molar-refractivity contribution in [2.24, 2.45) is 5.92 Å². The van der Waals surface area contributed by atoms with Crippen LogP contribution in [0.15, 0.2) is 24.3 Å². The quantitative estimate of drug-likeness (QED) is 0.901. The fraction of sp³-hybridized carbons (Fsp3) is 0.562. The first kappa shape index (κ1) is 14.1. The fourth-order valence-corrected chi connectivity index (χ4v) is 2.41. The Morgan fingerprint density at radius 3 is 2.68 bits per heavy atom. The number of carbonyl (C=O) groups excluding carboxylic acids is 1. The molecule has 0 unspecified atom stereocenters. The van der Waals surface area contributed by atoms with Crippen molar-refractivity contribution in [1.82, 2.24) is 4.90 Å². The van der Waals surface area contributed by atoms with E-state index >= 15 is 0 Å². The molecule has 1 aliphatic heterocycles. The number of rotatable bonds is 4. The Labute approximate surface area is 116 Å². The Morgan fingerprint density at radius 2 is 2.00 bits per heavy atom.